The Kier molecular flexibility index (Phi) is 5.54. The van der Waals surface area contributed by atoms with Crippen LogP contribution in [0.25, 0.3) is 10.4 Å². The maximum atomic E-state index is 11.4. The number of aryl methyl sites for hydroxylation is 1. The van der Waals surface area contributed by atoms with Gasteiger partial charge in [-0.15, -0.1) is 0 Å². The number of methoxy groups -OCH3 is 1. The van der Waals surface area contributed by atoms with Crippen LogP contribution in [-0.4, -0.2) is 26.2 Å². The lowest BCUT2D eigenvalue weighted by Crippen LogP contribution is -2.04. The summed E-state index contributed by atoms with van der Waals surface area (Å²) in [7, 11) is 1.34. The highest BCUT2D eigenvalue weighted by Crippen LogP contribution is 2.17. The van der Waals surface area contributed by atoms with Crippen molar-refractivity contribution in [1.82, 2.24) is 0 Å². The van der Waals surface area contributed by atoms with Gasteiger partial charge in [0.1, 0.15) is 5.75 Å². The van der Waals surface area contributed by atoms with Crippen molar-refractivity contribution in [2.45, 2.75) is 13.3 Å². The van der Waals surface area contributed by atoms with Crippen molar-refractivity contribution < 1.29 is 14.3 Å². The SMILES string of the molecule is COC(=O)c1cc(C)cc(OCCCN=[N+]=[N-])c1. The molecule has 0 aliphatic rings. The summed E-state index contributed by atoms with van der Waals surface area (Å²) < 4.78 is 10.1. The molecule has 6 heteroatoms. The van der Waals surface area contributed by atoms with E-state index >= 15 is 0 Å². The lowest BCUT2D eigenvalue weighted by atomic mass is 10.1. The molecule has 0 unspecified atom stereocenters. The summed E-state index contributed by atoms with van der Waals surface area (Å²) in [6, 6.07) is 5.20. The topological polar surface area (TPSA) is 84.3 Å². The van der Waals surface area contributed by atoms with Crippen LogP contribution in [0.15, 0.2) is 23.3 Å². The van der Waals surface area contributed by atoms with Crippen LogP contribution in [0.1, 0.15) is 22.3 Å². The molecule has 0 heterocycles. The van der Waals surface area contributed by atoms with Crippen molar-refractivity contribution >= 4 is 5.97 Å². The van der Waals surface area contributed by atoms with Crippen molar-refractivity contribution in [1.29, 1.82) is 0 Å². The van der Waals surface area contributed by atoms with Gasteiger partial charge in [-0.05, 0) is 42.6 Å². The number of hydrogen-bond donors (Lipinski definition) is 0. The summed E-state index contributed by atoms with van der Waals surface area (Å²) in [6.07, 6.45) is 0.631. The average Bonchev–Trinajstić information content (AvgIpc) is 2.37. The third-order valence-corrected chi connectivity index (χ3v) is 2.21. The Morgan fingerprint density at radius 2 is 2.22 bits per heavy atom. The molecule has 96 valence electrons. The van der Waals surface area contributed by atoms with E-state index in [4.69, 9.17) is 10.3 Å². The van der Waals surface area contributed by atoms with Crippen LogP contribution >= 0.6 is 0 Å². The number of azide groups is 1. The first-order valence-electron chi connectivity index (χ1n) is 5.51. The molecule has 0 spiro atoms. The Morgan fingerprint density at radius 3 is 2.89 bits per heavy atom. The molecular formula is C12H15N3O3. The maximum absolute atomic E-state index is 11.4. The van der Waals surface area contributed by atoms with Crippen LogP contribution in [-0.2, 0) is 4.74 Å². The van der Waals surface area contributed by atoms with E-state index in [0.717, 1.165) is 5.56 Å². The minimum atomic E-state index is -0.391. The van der Waals surface area contributed by atoms with E-state index < -0.39 is 5.97 Å². The Balaban J connectivity index is 2.62. The second-order valence-corrected chi connectivity index (χ2v) is 3.68. The van der Waals surface area contributed by atoms with Gasteiger partial charge < -0.3 is 9.47 Å². The van der Waals surface area contributed by atoms with Crippen LogP contribution in [0, 0.1) is 6.92 Å². The second-order valence-electron chi connectivity index (χ2n) is 3.68. The first-order valence-corrected chi connectivity index (χ1v) is 5.51. The molecule has 1 aromatic rings. The zero-order valence-corrected chi connectivity index (χ0v) is 10.4. The fraction of sp³-hybridized carbons (Fsp3) is 0.417. The molecule has 0 saturated heterocycles. The number of nitrogens with zero attached hydrogens (tertiary/aromatic N) is 3. The molecule has 0 aromatic heterocycles. The number of carbonyl (C=O) groups excluding carboxylic acids is 1. The number of carbonyl (C=O) groups is 1. The Morgan fingerprint density at radius 1 is 1.44 bits per heavy atom. The molecule has 0 bridgehead atoms. The third kappa shape index (κ3) is 4.35. The van der Waals surface area contributed by atoms with Crippen LogP contribution < -0.4 is 4.74 Å². The Bertz CT molecular complexity index is 468. The number of rotatable bonds is 6. The zero-order valence-electron chi connectivity index (χ0n) is 10.4. The fourth-order valence-corrected chi connectivity index (χ4v) is 1.44. The molecule has 18 heavy (non-hydrogen) atoms. The van der Waals surface area contributed by atoms with Gasteiger partial charge >= 0.3 is 5.97 Å². The zero-order chi connectivity index (χ0) is 13.4. The molecule has 0 radical (unpaired) electrons. The van der Waals surface area contributed by atoms with Crippen LogP contribution in [0.4, 0.5) is 0 Å². The van der Waals surface area contributed by atoms with Gasteiger partial charge in [-0.2, -0.15) is 0 Å². The van der Waals surface area contributed by atoms with E-state index in [1.54, 1.807) is 12.1 Å². The predicted octanol–water partition coefficient (Wildman–Crippen LogP) is 2.86. The monoisotopic (exact) mass is 249 g/mol. The van der Waals surface area contributed by atoms with Crippen LogP contribution in [0.3, 0.4) is 0 Å². The quantitative estimate of drug-likeness (QED) is 0.255. The summed E-state index contributed by atoms with van der Waals surface area (Å²) in [5, 5.41) is 3.41. The normalized spacial score (nSPS) is 9.44. The molecule has 1 aromatic carbocycles. The summed E-state index contributed by atoms with van der Waals surface area (Å²) in [4.78, 5) is 14.1. The summed E-state index contributed by atoms with van der Waals surface area (Å²) in [6.45, 7) is 2.70. The largest absolute Gasteiger partial charge is 0.494 e. The van der Waals surface area contributed by atoms with E-state index in [1.807, 2.05) is 13.0 Å². The van der Waals surface area contributed by atoms with Gasteiger partial charge in [-0.3, -0.25) is 0 Å². The van der Waals surface area contributed by atoms with E-state index in [-0.39, 0.29) is 0 Å². The lowest BCUT2D eigenvalue weighted by Gasteiger charge is -2.08. The van der Waals surface area contributed by atoms with Crippen LogP contribution in [0.5, 0.6) is 5.75 Å². The highest BCUT2D eigenvalue weighted by Gasteiger charge is 2.07. The van der Waals surface area contributed by atoms with Gasteiger partial charge in [-0.1, -0.05) is 5.11 Å². The fourth-order valence-electron chi connectivity index (χ4n) is 1.44. The van der Waals surface area contributed by atoms with Gasteiger partial charge in [0.05, 0.1) is 19.3 Å². The number of benzene rings is 1. The highest BCUT2D eigenvalue weighted by atomic mass is 16.5. The predicted molar refractivity (Wildman–Crippen MR) is 66.6 cm³/mol. The van der Waals surface area contributed by atoms with Gasteiger partial charge in [0.15, 0.2) is 0 Å². The average molecular weight is 249 g/mol. The van der Waals surface area contributed by atoms with Gasteiger partial charge in [0.2, 0.25) is 0 Å². The molecule has 0 aliphatic carbocycles. The van der Waals surface area contributed by atoms with E-state index in [9.17, 15) is 4.79 Å². The molecule has 0 saturated carbocycles. The van der Waals surface area contributed by atoms with Crippen molar-refractivity contribution in [2.75, 3.05) is 20.3 Å². The molecule has 0 aliphatic heterocycles. The Labute approximate surface area is 105 Å². The van der Waals surface area contributed by atoms with Gasteiger partial charge in [0, 0.05) is 11.5 Å². The number of esters is 1. The minimum Gasteiger partial charge on any atom is -0.494 e. The summed E-state index contributed by atoms with van der Waals surface area (Å²) in [5.41, 5.74) is 9.49. The lowest BCUT2D eigenvalue weighted by molar-refractivity contribution is 0.0600. The standard InChI is InChI=1S/C12H15N3O3/c1-9-6-10(12(16)17-2)8-11(7-9)18-5-3-4-14-15-13/h6-8H,3-5H2,1-2H3. The van der Waals surface area contributed by atoms with E-state index in [0.29, 0.717) is 30.9 Å². The highest BCUT2D eigenvalue weighted by molar-refractivity contribution is 5.90. The van der Waals surface area contributed by atoms with Crippen molar-refractivity contribution in [2.24, 2.45) is 5.11 Å². The maximum Gasteiger partial charge on any atom is 0.337 e. The molecule has 0 atom stereocenters. The summed E-state index contributed by atoms with van der Waals surface area (Å²) in [5.74, 6) is 0.217. The first-order chi connectivity index (χ1) is 8.67. The molecule has 6 nitrogen and oxygen atoms in total. The first kappa shape index (κ1) is 13.9. The Hall–Kier alpha value is -2.20. The van der Waals surface area contributed by atoms with Gasteiger partial charge in [-0.25, -0.2) is 4.79 Å². The van der Waals surface area contributed by atoms with Gasteiger partial charge in [0.25, 0.3) is 0 Å². The summed E-state index contributed by atoms with van der Waals surface area (Å²) >= 11 is 0. The van der Waals surface area contributed by atoms with Crippen molar-refractivity contribution in [3.8, 4) is 5.75 Å². The smallest absolute Gasteiger partial charge is 0.337 e. The molecule has 0 fully saturated rings. The van der Waals surface area contributed by atoms with E-state index in [2.05, 4.69) is 14.8 Å². The second kappa shape index (κ2) is 7.19. The van der Waals surface area contributed by atoms with E-state index in [1.165, 1.54) is 7.11 Å². The van der Waals surface area contributed by atoms with Crippen LogP contribution in [0.2, 0.25) is 0 Å². The van der Waals surface area contributed by atoms with Crippen molar-refractivity contribution in [3.05, 3.63) is 39.8 Å². The molecule has 0 amide bonds. The minimum absolute atomic E-state index is 0.391. The molecule has 1 rings (SSSR count). The number of ether oxygens (including phenoxy) is 2. The van der Waals surface area contributed by atoms with Crippen molar-refractivity contribution in [3.63, 3.8) is 0 Å². The molecular weight excluding hydrogens is 234 g/mol. The molecule has 0 N–H and O–H groups in total. The third-order valence-electron chi connectivity index (χ3n) is 2.21. The number of hydrogen-bond acceptors (Lipinski definition) is 4.